The third-order valence-electron chi connectivity index (χ3n) is 4.10. The number of anilines is 2. The molecule has 1 amide bonds. The van der Waals surface area contributed by atoms with Gasteiger partial charge in [0.2, 0.25) is 0 Å². The van der Waals surface area contributed by atoms with Gasteiger partial charge in [0, 0.05) is 47.2 Å². The van der Waals surface area contributed by atoms with Crippen molar-refractivity contribution in [3.63, 3.8) is 0 Å². The number of aromatic nitrogens is 1. The summed E-state index contributed by atoms with van der Waals surface area (Å²) in [6, 6.07) is 9.66. The molecule has 0 aliphatic carbocycles. The van der Waals surface area contributed by atoms with Crippen LogP contribution in [-0.4, -0.2) is 38.1 Å². The molecule has 3 N–H and O–H groups in total. The summed E-state index contributed by atoms with van der Waals surface area (Å²) in [4.78, 5) is 16.0. The molecule has 3 aromatic rings. The van der Waals surface area contributed by atoms with Crippen molar-refractivity contribution in [1.29, 1.82) is 0 Å². The van der Waals surface area contributed by atoms with Crippen molar-refractivity contribution in [2.75, 3.05) is 26.1 Å². The number of primary amides is 1. The highest BCUT2D eigenvalue weighted by atomic mass is 19.3. The number of hydrogen-bond acceptors (Lipinski definition) is 6. The van der Waals surface area contributed by atoms with Gasteiger partial charge in [0.1, 0.15) is 23.9 Å². The van der Waals surface area contributed by atoms with Gasteiger partial charge in [0.15, 0.2) is 0 Å². The molecule has 0 saturated heterocycles. The average Bonchev–Trinajstić information content (AvgIpc) is 2.71. The number of methoxy groups -OCH3 is 2. The minimum absolute atomic E-state index is 0.211. The number of alkyl halides is 2. The summed E-state index contributed by atoms with van der Waals surface area (Å²) in [7, 11) is 2.90. The molecular formula is C20H19F2N3O4. The number of nitrogens with zero attached hydrogens (tertiary/aromatic N) is 1. The van der Waals surface area contributed by atoms with E-state index < -0.39 is 18.9 Å². The third kappa shape index (κ3) is 4.63. The van der Waals surface area contributed by atoms with Crippen molar-refractivity contribution < 1.29 is 27.8 Å². The van der Waals surface area contributed by atoms with Crippen LogP contribution in [0.5, 0.6) is 17.2 Å². The lowest BCUT2D eigenvalue weighted by molar-refractivity contribution is 0.0818. The second kappa shape index (κ2) is 8.59. The molecule has 0 spiro atoms. The van der Waals surface area contributed by atoms with Crippen LogP contribution in [0.15, 0.2) is 42.6 Å². The predicted molar refractivity (Wildman–Crippen MR) is 105 cm³/mol. The van der Waals surface area contributed by atoms with Crippen LogP contribution in [0.2, 0.25) is 0 Å². The quantitative estimate of drug-likeness (QED) is 0.595. The van der Waals surface area contributed by atoms with Gasteiger partial charge in [-0.3, -0.25) is 9.78 Å². The van der Waals surface area contributed by atoms with E-state index in [1.807, 2.05) is 0 Å². The lowest BCUT2D eigenvalue weighted by atomic mass is 10.1. The van der Waals surface area contributed by atoms with Gasteiger partial charge in [-0.05, 0) is 12.1 Å². The van der Waals surface area contributed by atoms with E-state index in [0.29, 0.717) is 33.8 Å². The summed E-state index contributed by atoms with van der Waals surface area (Å²) in [6.07, 6.45) is -1.01. The zero-order valence-electron chi connectivity index (χ0n) is 15.7. The van der Waals surface area contributed by atoms with E-state index >= 15 is 0 Å². The van der Waals surface area contributed by atoms with Gasteiger partial charge in [0.05, 0.1) is 25.3 Å². The number of benzene rings is 2. The van der Waals surface area contributed by atoms with Crippen LogP contribution in [0.3, 0.4) is 0 Å². The number of carbonyl (C=O) groups excluding carboxylic acids is 1. The Balaban J connectivity index is 2.02. The van der Waals surface area contributed by atoms with Crippen LogP contribution in [0, 0.1) is 0 Å². The number of hydrogen-bond donors (Lipinski definition) is 2. The molecule has 7 nitrogen and oxygen atoms in total. The lowest BCUT2D eigenvalue weighted by Crippen LogP contribution is -2.12. The first-order valence-electron chi connectivity index (χ1n) is 8.55. The van der Waals surface area contributed by atoms with Crippen molar-refractivity contribution >= 4 is 28.2 Å². The average molecular weight is 403 g/mol. The van der Waals surface area contributed by atoms with E-state index in [1.165, 1.54) is 20.3 Å². The summed E-state index contributed by atoms with van der Waals surface area (Å²) < 4.78 is 40.4. The second-order valence-electron chi connectivity index (χ2n) is 6.02. The number of rotatable bonds is 8. The van der Waals surface area contributed by atoms with Gasteiger partial charge < -0.3 is 25.3 Å². The molecule has 0 fully saturated rings. The Morgan fingerprint density at radius 3 is 2.55 bits per heavy atom. The van der Waals surface area contributed by atoms with Crippen LogP contribution in [0.1, 0.15) is 10.4 Å². The van der Waals surface area contributed by atoms with Crippen LogP contribution in [-0.2, 0) is 0 Å². The molecule has 0 unspecified atom stereocenters. The Labute approximate surface area is 165 Å². The minimum atomic E-state index is -2.59. The predicted octanol–water partition coefficient (Wildman–Crippen LogP) is 3.74. The van der Waals surface area contributed by atoms with Gasteiger partial charge in [-0.25, -0.2) is 8.78 Å². The van der Waals surface area contributed by atoms with Gasteiger partial charge in [0.25, 0.3) is 12.3 Å². The molecule has 0 aliphatic rings. The molecular weight excluding hydrogens is 384 g/mol. The first-order valence-corrected chi connectivity index (χ1v) is 8.55. The standard InChI is InChI=1S/C20H19F2N3O4/c1-27-12-5-11(6-13(7-12)29-10-19(21)22)25-16-3-4-24-17-9-18(28-2)15(20(23)26)8-14(16)17/h3-9,19H,10H2,1-2H3,(H2,23,26)(H,24,25). The first kappa shape index (κ1) is 20.1. The monoisotopic (exact) mass is 403 g/mol. The van der Waals surface area contributed by atoms with Crippen molar-refractivity contribution in [2.45, 2.75) is 6.43 Å². The van der Waals surface area contributed by atoms with Crippen LogP contribution >= 0.6 is 0 Å². The zero-order valence-corrected chi connectivity index (χ0v) is 15.7. The van der Waals surface area contributed by atoms with Crippen LogP contribution in [0.25, 0.3) is 10.9 Å². The topological polar surface area (TPSA) is 95.7 Å². The number of halogens is 2. The highest BCUT2D eigenvalue weighted by Crippen LogP contribution is 2.33. The molecule has 1 heterocycles. The number of amides is 1. The second-order valence-corrected chi connectivity index (χ2v) is 6.02. The Morgan fingerprint density at radius 1 is 1.14 bits per heavy atom. The van der Waals surface area contributed by atoms with E-state index in [-0.39, 0.29) is 11.3 Å². The maximum absolute atomic E-state index is 12.5. The molecule has 0 atom stereocenters. The zero-order chi connectivity index (χ0) is 21.0. The largest absolute Gasteiger partial charge is 0.497 e. The maximum Gasteiger partial charge on any atom is 0.272 e. The van der Waals surface area contributed by atoms with E-state index in [4.69, 9.17) is 19.9 Å². The normalized spacial score (nSPS) is 10.8. The molecule has 2 aromatic carbocycles. The van der Waals surface area contributed by atoms with E-state index in [9.17, 15) is 13.6 Å². The summed E-state index contributed by atoms with van der Waals surface area (Å²) in [5.41, 5.74) is 7.39. The van der Waals surface area contributed by atoms with E-state index in [0.717, 1.165) is 0 Å². The fraction of sp³-hybridized carbons (Fsp3) is 0.200. The molecule has 0 bridgehead atoms. The van der Waals surface area contributed by atoms with Gasteiger partial charge in [-0.1, -0.05) is 0 Å². The number of ether oxygens (including phenoxy) is 3. The molecule has 29 heavy (non-hydrogen) atoms. The number of nitrogens with two attached hydrogens (primary N) is 1. The Morgan fingerprint density at radius 2 is 1.90 bits per heavy atom. The number of fused-ring (bicyclic) bond motifs is 1. The molecule has 1 aromatic heterocycles. The van der Waals surface area contributed by atoms with Gasteiger partial charge in [-0.15, -0.1) is 0 Å². The molecule has 3 rings (SSSR count). The summed E-state index contributed by atoms with van der Waals surface area (Å²) >= 11 is 0. The number of nitrogens with one attached hydrogen (secondary N) is 1. The number of pyridine rings is 1. The van der Waals surface area contributed by atoms with Crippen molar-refractivity contribution in [1.82, 2.24) is 4.98 Å². The third-order valence-corrected chi connectivity index (χ3v) is 4.10. The van der Waals surface area contributed by atoms with Crippen molar-refractivity contribution in [3.8, 4) is 17.2 Å². The Hall–Kier alpha value is -3.62. The van der Waals surface area contributed by atoms with E-state index in [2.05, 4.69) is 10.3 Å². The fourth-order valence-electron chi connectivity index (χ4n) is 2.80. The van der Waals surface area contributed by atoms with Gasteiger partial charge >= 0.3 is 0 Å². The summed E-state index contributed by atoms with van der Waals surface area (Å²) in [6.45, 7) is -0.730. The summed E-state index contributed by atoms with van der Waals surface area (Å²) in [5, 5.41) is 3.80. The Kier molecular flexibility index (Phi) is 5.96. The minimum Gasteiger partial charge on any atom is -0.497 e. The molecule has 0 aliphatic heterocycles. The molecule has 0 radical (unpaired) electrons. The van der Waals surface area contributed by atoms with Gasteiger partial charge in [-0.2, -0.15) is 0 Å². The lowest BCUT2D eigenvalue weighted by Gasteiger charge is -2.14. The smallest absolute Gasteiger partial charge is 0.272 e. The SMILES string of the molecule is COc1cc(Nc2ccnc3cc(OC)c(C(N)=O)cc23)cc(OCC(F)F)c1. The molecule has 9 heteroatoms. The van der Waals surface area contributed by atoms with Crippen molar-refractivity contribution in [2.24, 2.45) is 5.73 Å². The van der Waals surface area contributed by atoms with Crippen LogP contribution < -0.4 is 25.3 Å². The molecule has 0 saturated carbocycles. The highest BCUT2D eigenvalue weighted by Gasteiger charge is 2.14. The van der Waals surface area contributed by atoms with Crippen LogP contribution in [0.4, 0.5) is 20.2 Å². The van der Waals surface area contributed by atoms with E-state index in [1.54, 1.807) is 36.5 Å². The fourth-order valence-corrected chi connectivity index (χ4v) is 2.80. The number of carbonyl (C=O) groups is 1. The molecule has 152 valence electrons. The Bertz CT molecular complexity index is 1040. The highest BCUT2D eigenvalue weighted by molar-refractivity contribution is 6.03. The first-order chi connectivity index (χ1) is 13.9. The van der Waals surface area contributed by atoms with Crippen molar-refractivity contribution in [3.05, 3.63) is 48.2 Å². The summed E-state index contributed by atoms with van der Waals surface area (Å²) in [5.74, 6) is 0.337. The maximum atomic E-state index is 12.5.